The van der Waals surface area contributed by atoms with Gasteiger partial charge in [-0.1, -0.05) is 25.7 Å². The number of unbranched alkanes of at least 4 members (excludes halogenated alkanes) is 5. The van der Waals surface area contributed by atoms with Crippen LogP contribution in [0.25, 0.3) is 0 Å². The molecule has 0 atom stereocenters. The van der Waals surface area contributed by atoms with E-state index in [9.17, 15) is 9.59 Å². The van der Waals surface area contributed by atoms with Crippen LogP contribution in [0.1, 0.15) is 38.5 Å². The number of amides is 2. The summed E-state index contributed by atoms with van der Waals surface area (Å²) < 4.78 is 4.44. The predicted molar refractivity (Wildman–Crippen MR) is 64.1 cm³/mol. The van der Waals surface area contributed by atoms with E-state index in [1.54, 1.807) is 0 Å². The summed E-state index contributed by atoms with van der Waals surface area (Å²) in [5.74, 6) is 0. The predicted octanol–water partition coefficient (Wildman–Crippen LogP) is 1.95. The van der Waals surface area contributed by atoms with Crippen molar-refractivity contribution >= 4 is 12.2 Å². The van der Waals surface area contributed by atoms with E-state index < -0.39 is 6.09 Å². The number of rotatable bonds is 9. The molecular formula is C11H22N2O4. The maximum Gasteiger partial charge on any atom is 0.406 e. The van der Waals surface area contributed by atoms with Crippen molar-refractivity contribution in [3.8, 4) is 0 Å². The van der Waals surface area contributed by atoms with Gasteiger partial charge in [0.25, 0.3) is 0 Å². The Morgan fingerprint density at radius 2 is 1.41 bits per heavy atom. The number of methoxy groups -OCH3 is 1. The standard InChI is InChI=1S/C11H22N2O4/c1-17-11(16)13-9-7-5-3-2-4-6-8-12-10(14)15/h12H,2-9H2,1H3,(H,13,16)(H,14,15). The molecule has 17 heavy (non-hydrogen) atoms. The molecule has 0 heterocycles. The van der Waals surface area contributed by atoms with E-state index in [4.69, 9.17) is 5.11 Å². The monoisotopic (exact) mass is 246 g/mol. The van der Waals surface area contributed by atoms with E-state index in [1.165, 1.54) is 7.11 Å². The fourth-order valence-electron chi connectivity index (χ4n) is 1.42. The number of carbonyl (C=O) groups is 2. The van der Waals surface area contributed by atoms with Crippen LogP contribution in [0.3, 0.4) is 0 Å². The summed E-state index contributed by atoms with van der Waals surface area (Å²) in [6.07, 6.45) is 4.79. The van der Waals surface area contributed by atoms with Crippen LogP contribution >= 0.6 is 0 Å². The van der Waals surface area contributed by atoms with Gasteiger partial charge in [0, 0.05) is 13.1 Å². The first-order valence-electron chi connectivity index (χ1n) is 5.95. The van der Waals surface area contributed by atoms with Gasteiger partial charge >= 0.3 is 12.2 Å². The zero-order valence-corrected chi connectivity index (χ0v) is 10.3. The molecule has 6 heteroatoms. The molecule has 0 aromatic heterocycles. The average molecular weight is 246 g/mol. The van der Waals surface area contributed by atoms with Gasteiger partial charge in [-0.25, -0.2) is 9.59 Å². The number of carboxylic acid groups (broad SMARTS) is 1. The molecule has 0 spiro atoms. The van der Waals surface area contributed by atoms with Crippen molar-refractivity contribution in [1.82, 2.24) is 10.6 Å². The smallest absolute Gasteiger partial charge is 0.406 e. The Balaban J connectivity index is 3.03. The Morgan fingerprint density at radius 3 is 1.88 bits per heavy atom. The van der Waals surface area contributed by atoms with E-state index in [-0.39, 0.29) is 6.09 Å². The Labute approximate surface area is 102 Å². The molecule has 3 N–H and O–H groups in total. The third-order valence-corrected chi connectivity index (χ3v) is 2.33. The molecule has 6 nitrogen and oxygen atoms in total. The van der Waals surface area contributed by atoms with Crippen LogP contribution in [0.15, 0.2) is 0 Å². The van der Waals surface area contributed by atoms with Crippen molar-refractivity contribution in [2.75, 3.05) is 20.2 Å². The molecule has 0 aromatic carbocycles. The first-order valence-corrected chi connectivity index (χ1v) is 5.95. The third-order valence-electron chi connectivity index (χ3n) is 2.33. The van der Waals surface area contributed by atoms with Crippen LogP contribution in [-0.4, -0.2) is 37.5 Å². The van der Waals surface area contributed by atoms with Crippen molar-refractivity contribution < 1.29 is 19.4 Å². The largest absolute Gasteiger partial charge is 0.465 e. The number of ether oxygens (including phenoxy) is 1. The molecule has 0 radical (unpaired) electrons. The highest BCUT2D eigenvalue weighted by atomic mass is 16.5. The van der Waals surface area contributed by atoms with Gasteiger partial charge in [-0.3, -0.25) is 0 Å². The fourth-order valence-corrected chi connectivity index (χ4v) is 1.42. The van der Waals surface area contributed by atoms with Crippen molar-refractivity contribution in [2.45, 2.75) is 38.5 Å². The molecule has 100 valence electrons. The molecular weight excluding hydrogens is 224 g/mol. The summed E-state index contributed by atoms with van der Waals surface area (Å²) in [6, 6.07) is 0. The Kier molecular flexibility index (Phi) is 10.1. The van der Waals surface area contributed by atoms with Gasteiger partial charge < -0.3 is 20.5 Å². The molecule has 0 unspecified atom stereocenters. The van der Waals surface area contributed by atoms with Gasteiger partial charge in [-0.2, -0.15) is 0 Å². The van der Waals surface area contributed by atoms with Gasteiger partial charge in [0.15, 0.2) is 0 Å². The zero-order chi connectivity index (χ0) is 12.9. The molecule has 0 saturated heterocycles. The summed E-state index contributed by atoms with van der Waals surface area (Å²) in [7, 11) is 1.35. The molecule has 2 amide bonds. The van der Waals surface area contributed by atoms with E-state index in [0.717, 1.165) is 38.5 Å². The second kappa shape index (κ2) is 11.0. The molecule has 0 aliphatic heterocycles. The quantitative estimate of drug-likeness (QED) is 0.543. The van der Waals surface area contributed by atoms with Gasteiger partial charge in [0.05, 0.1) is 7.11 Å². The summed E-state index contributed by atoms with van der Waals surface area (Å²) in [5, 5.41) is 13.3. The summed E-state index contributed by atoms with van der Waals surface area (Å²) in [5.41, 5.74) is 0. The van der Waals surface area contributed by atoms with Crippen molar-refractivity contribution in [3.05, 3.63) is 0 Å². The lowest BCUT2D eigenvalue weighted by Gasteiger charge is -2.04. The molecule has 0 rings (SSSR count). The Bertz CT molecular complexity index is 222. The van der Waals surface area contributed by atoms with E-state index in [1.807, 2.05) is 0 Å². The summed E-state index contributed by atoms with van der Waals surface area (Å²) in [6.45, 7) is 1.17. The van der Waals surface area contributed by atoms with Crippen molar-refractivity contribution in [2.24, 2.45) is 0 Å². The minimum absolute atomic E-state index is 0.384. The van der Waals surface area contributed by atoms with Gasteiger partial charge in [0.1, 0.15) is 0 Å². The van der Waals surface area contributed by atoms with Crippen LogP contribution in [-0.2, 0) is 4.74 Å². The van der Waals surface area contributed by atoms with Gasteiger partial charge in [-0.05, 0) is 12.8 Å². The fraction of sp³-hybridized carbons (Fsp3) is 0.818. The number of nitrogens with one attached hydrogen (secondary N) is 2. The highest BCUT2D eigenvalue weighted by Crippen LogP contribution is 2.04. The second-order valence-electron chi connectivity index (χ2n) is 3.77. The minimum atomic E-state index is -0.959. The van der Waals surface area contributed by atoms with E-state index >= 15 is 0 Å². The van der Waals surface area contributed by atoms with Crippen LogP contribution in [0.2, 0.25) is 0 Å². The molecule has 0 aliphatic carbocycles. The maximum atomic E-state index is 10.7. The highest BCUT2D eigenvalue weighted by Gasteiger charge is 1.97. The lowest BCUT2D eigenvalue weighted by molar-refractivity contribution is 0.171. The second-order valence-corrected chi connectivity index (χ2v) is 3.77. The van der Waals surface area contributed by atoms with Gasteiger partial charge in [-0.15, -0.1) is 0 Å². The summed E-state index contributed by atoms with van der Waals surface area (Å²) >= 11 is 0. The maximum absolute atomic E-state index is 10.7. The first kappa shape index (κ1) is 15.5. The van der Waals surface area contributed by atoms with Gasteiger partial charge in [0.2, 0.25) is 0 Å². The van der Waals surface area contributed by atoms with Crippen molar-refractivity contribution in [3.63, 3.8) is 0 Å². The highest BCUT2D eigenvalue weighted by molar-refractivity contribution is 5.66. The zero-order valence-electron chi connectivity index (χ0n) is 10.3. The Hall–Kier alpha value is -1.46. The third kappa shape index (κ3) is 12.5. The lowest BCUT2D eigenvalue weighted by atomic mass is 10.1. The topological polar surface area (TPSA) is 87.7 Å². The van der Waals surface area contributed by atoms with E-state index in [0.29, 0.717) is 13.1 Å². The van der Waals surface area contributed by atoms with Crippen LogP contribution in [0.4, 0.5) is 9.59 Å². The SMILES string of the molecule is COC(=O)NCCCCCCCCNC(=O)O. The number of hydrogen-bond acceptors (Lipinski definition) is 3. The van der Waals surface area contributed by atoms with Crippen LogP contribution < -0.4 is 10.6 Å². The number of alkyl carbamates (subject to hydrolysis) is 1. The first-order chi connectivity index (χ1) is 8.16. The number of hydrogen-bond donors (Lipinski definition) is 3. The molecule has 0 aromatic rings. The normalized spacial score (nSPS) is 9.71. The van der Waals surface area contributed by atoms with Crippen molar-refractivity contribution in [1.29, 1.82) is 0 Å². The number of carbonyl (C=O) groups excluding carboxylic acids is 1. The molecule has 0 aliphatic rings. The summed E-state index contributed by atoms with van der Waals surface area (Å²) in [4.78, 5) is 20.8. The average Bonchev–Trinajstić information content (AvgIpc) is 2.30. The molecule has 0 fully saturated rings. The van der Waals surface area contributed by atoms with Crippen LogP contribution in [0.5, 0.6) is 0 Å². The van der Waals surface area contributed by atoms with E-state index in [2.05, 4.69) is 15.4 Å². The lowest BCUT2D eigenvalue weighted by Crippen LogP contribution is -2.23. The molecule has 0 saturated carbocycles. The van der Waals surface area contributed by atoms with Crippen LogP contribution in [0, 0.1) is 0 Å². The minimum Gasteiger partial charge on any atom is -0.465 e. The Morgan fingerprint density at radius 1 is 0.941 bits per heavy atom. The molecule has 0 bridgehead atoms.